The molecule has 0 aliphatic carbocycles. The third kappa shape index (κ3) is 2.33. The molecule has 1 aromatic heterocycles. The third-order valence-electron chi connectivity index (χ3n) is 3.02. The standard InChI is InChI=1S/C12H15NO4/c1-12(2)3-4-13(7-12)10(14)9-5-8(6-17-9)11(15)16/h5-6H,3-4,7H2,1-2H3,(H,15,16). The van der Waals surface area contributed by atoms with E-state index in [1.54, 1.807) is 4.90 Å². The van der Waals surface area contributed by atoms with Crippen LogP contribution in [0.5, 0.6) is 0 Å². The summed E-state index contributed by atoms with van der Waals surface area (Å²) in [6.45, 7) is 5.57. The van der Waals surface area contributed by atoms with Gasteiger partial charge in [-0.05, 0) is 11.8 Å². The number of carboxylic acids is 1. The van der Waals surface area contributed by atoms with Crippen molar-refractivity contribution in [1.29, 1.82) is 0 Å². The van der Waals surface area contributed by atoms with Gasteiger partial charge >= 0.3 is 5.97 Å². The fourth-order valence-electron chi connectivity index (χ4n) is 2.00. The van der Waals surface area contributed by atoms with E-state index in [-0.39, 0.29) is 22.6 Å². The second kappa shape index (κ2) is 3.91. The van der Waals surface area contributed by atoms with Gasteiger partial charge in [0.15, 0.2) is 5.76 Å². The monoisotopic (exact) mass is 237 g/mol. The molecule has 0 aromatic carbocycles. The molecule has 5 nitrogen and oxygen atoms in total. The number of nitrogens with zero attached hydrogens (tertiary/aromatic N) is 1. The zero-order valence-electron chi connectivity index (χ0n) is 9.90. The van der Waals surface area contributed by atoms with E-state index >= 15 is 0 Å². The number of carbonyl (C=O) groups is 2. The first-order valence-electron chi connectivity index (χ1n) is 5.50. The summed E-state index contributed by atoms with van der Waals surface area (Å²) in [4.78, 5) is 24.4. The van der Waals surface area contributed by atoms with Gasteiger partial charge in [0.2, 0.25) is 0 Å². The van der Waals surface area contributed by atoms with Crippen molar-refractivity contribution >= 4 is 11.9 Å². The van der Waals surface area contributed by atoms with E-state index in [0.29, 0.717) is 13.1 Å². The average molecular weight is 237 g/mol. The summed E-state index contributed by atoms with van der Waals surface area (Å²) in [7, 11) is 0. The van der Waals surface area contributed by atoms with E-state index in [9.17, 15) is 9.59 Å². The number of carboxylic acid groups (broad SMARTS) is 1. The number of likely N-dealkylation sites (tertiary alicyclic amines) is 1. The normalized spacial score (nSPS) is 18.4. The molecule has 2 heterocycles. The molecule has 5 heteroatoms. The van der Waals surface area contributed by atoms with Crippen LogP contribution in [0.2, 0.25) is 0 Å². The Kier molecular flexibility index (Phi) is 2.69. The molecular formula is C12H15NO4. The highest BCUT2D eigenvalue weighted by atomic mass is 16.4. The summed E-state index contributed by atoms with van der Waals surface area (Å²) >= 11 is 0. The van der Waals surface area contributed by atoms with E-state index < -0.39 is 5.97 Å². The maximum Gasteiger partial charge on any atom is 0.338 e. The van der Waals surface area contributed by atoms with Crippen LogP contribution in [0.25, 0.3) is 0 Å². The highest BCUT2D eigenvalue weighted by Gasteiger charge is 2.33. The zero-order chi connectivity index (χ0) is 12.6. The maximum atomic E-state index is 12.0. The van der Waals surface area contributed by atoms with Crippen molar-refractivity contribution in [2.75, 3.05) is 13.1 Å². The van der Waals surface area contributed by atoms with Crippen molar-refractivity contribution in [2.45, 2.75) is 20.3 Å². The second-order valence-corrected chi connectivity index (χ2v) is 5.15. The SMILES string of the molecule is CC1(C)CCN(C(=O)c2cc(C(=O)O)co2)C1. The Bertz CT molecular complexity index is 461. The van der Waals surface area contributed by atoms with Crippen LogP contribution in [0.15, 0.2) is 16.7 Å². The average Bonchev–Trinajstić information content (AvgIpc) is 2.83. The molecule has 2 rings (SSSR count). The Labute approximate surface area is 99.0 Å². The van der Waals surface area contributed by atoms with E-state index in [1.165, 1.54) is 6.07 Å². The minimum absolute atomic E-state index is 0.00630. The molecular weight excluding hydrogens is 222 g/mol. The molecule has 1 saturated heterocycles. The van der Waals surface area contributed by atoms with Gasteiger partial charge in [-0.2, -0.15) is 0 Å². The largest absolute Gasteiger partial charge is 0.478 e. The molecule has 0 bridgehead atoms. The molecule has 1 amide bonds. The predicted octanol–water partition coefficient (Wildman–Crippen LogP) is 1.85. The Morgan fingerprint density at radius 3 is 2.65 bits per heavy atom. The fourth-order valence-corrected chi connectivity index (χ4v) is 2.00. The molecule has 1 fully saturated rings. The van der Waals surface area contributed by atoms with Crippen LogP contribution in [-0.4, -0.2) is 35.0 Å². The van der Waals surface area contributed by atoms with Crippen LogP contribution < -0.4 is 0 Å². The highest BCUT2D eigenvalue weighted by molar-refractivity contribution is 5.95. The first-order chi connectivity index (χ1) is 7.89. The van der Waals surface area contributed by atoms with Crippen LogP contribution in [-0.2, 0) is 0 Å². The summed E-state index contributed by atoms with van der Waals surface area (Å²) in [6.07, 6.45) is 2.04. The highest BCUT2D eigenvalue weighted by Crippen LogP contribution is 2.29. The van der Waals surface area contributed by atoms with E-state index in [0.717, 1.165) is 12.7 Å². The second-order valence-electron chi connectivity index (χ2n) is 5.15. The smallest absolute Gasteiger partial charge is 0.338 e. The van der Waals surface area contributed by atoms with Crippen LogP contribution >= 0.6 is 0 Å². The fraction of sp³-hybridized carbons (Fsp3) is 0.500. The lowest BCUT2D eigenvalue weighted by molar-refractivity contribution is 0.0695. The zero-order valence-corrected chi connectivity index (χ0v) is 9.90. The molecule has 0 spiro atoms. The molecule has 0 atom stereocenters. The Balaban J connectivity index is 2.12. The molecule has 92 valence electrons. The molecule has 0 unspecified atom stereocenters. The molecule has 1 aliphatic heterocycles. The summed E-state index contributed by atoms with van der Waals surface area (Å²) in [6, 6.07) is 1.27. The first kappa shape index (κ1) is 11.7. The molecule has 0 radical (unpaired) electrons. The van der Waals surface area contributed by atoms with Crippen molar-refractivity contribution < 1.29 is 19.1 Å². The van der Waals surface area contributed by atoms with E-state index in [4.69, 9.17) is 9.52 Å². The van der Waals surface area contributed by atoms with Gasteiger partial charge in [0, 0.05) is 19.2 Å². The number of amides is 1. The van der Waals surface area contributed by atoms with Crippen LogP contribution in [0.3, 0.4) is 0 Å². The quantitative estimate of drug-likeness (QED) is 0.852. The third-order valence-corrected chi connectivity index (χ3v) is 3.02. The molecule has 1 N–H and O–H groups in total. The lowest BCUT2D eigenvalue weighted by Crippen LogP contribution is -2.29. The lowest BCUT2D eigenvalue weighted by atomic mass is 9.93. The lowest BCUT2D eigenvalue weighted by Gasteiger charge is -2.18. The number of rotatable bonds is 2. The number of aromatic carboxylic acids is 1. The van der Waals surface area contributed by atoms with Crippen molar-refractivity contribution in [3.63, 3.8) is 0 Å². The summed E-state index contributed by atoms with van der Waals surface area (Å²) in [5, 5.41) is 8.74. The number of furan rings is 1. The predicted molar refractivity (Wildman–Crippen MR) is 60.0 cm³/mol. The van der Waals surface area contributed by atoms with Crippen LogP contribution in [0, 0.1) is 5.41 Å². The summed E-state index contributed by atoms with van der Waals surface area (Å²) < 4.78 is 5.00. The number of carbonyl (C=O) groups excluding carboxylic acids is 1. The van der Waals surface area contributed by atoms with Crippen molar-refractivity contribution in [3.05, 3.63) is 23.7 Å². The molecule has 0 saturated carbocycles. The first-order valence-corrected chi connectivity index (χ1v) is 5.50. The van der Waals surface area contributed by atoms with Crippen LogP contribution in [0.1, 0.15) is 41.2 Å². The molecule has 1 aromatic rings. The topological polar surface area (TPSA) is 70.8 Å². The number of hydrogen-bond donors (Lipinski definition) is 1. The van der Waals surface area contributed by atoms with Gasteiger partial charge in [-0.3, -0.25) is 4.79 Å². The molecule has 17 heavy (non-hydrogen) atoms. The van der Waals surface area contributed by atoms with Crippen molar-refractivity contribution in [2.24, 2.45) is 5.41 Å². The minimum Gasteiger partial charge on any atom is -0.478 e. The van der Waals surface area contributed by atoms with Gasteiger partial charge in [-0.15, -0.1) is 0 Å². The van der Waals surface area contributed by atoms with Gasteiger partial charge < -0.3 is 14.4 Å². The molecule has 1 aliphatic rings. The summed E-state index contributed by atoms with van der Waals surface area (Å²) in [5.41, 5.74) is 0.129. The van der Waals surface area contributed by atoms with Gasteiger partial charge in [0.05, 0.1) is 5.56 Å². The van der Waals surface area contributed by atoms with E-state index in [1.807, 2.05) is 0 Å². The Hall–Kier alpha value is -1.78. The minimum atomic E-state index is -1.09. The Morgan fingerprint density at radius 1 is 1.47 bits per heavy atom. The van der Waals surface area contributed by atoms with E-state index in [2.05, 4.69) is 13.8 Å². The Morgan fingerprint density at radius 2 is 2.18 bits per heavy atom. The summed E-state index contributed by atoms with van der Waals surface area (Å²) in [5.74, 6) is -1.22. The van der Waals surface area contributed by atoms with Gasteiger partial charge in [0.25, 0.3) is 5.91 Å². The van der Waals surface area contributed by atoms with Crippen molar-refractivity contribution in [3.8, 4) is 0 Å². The van der Waals surface area contributed by atoms with Gasteiger partial charge in [-0.25, -0.2) is 4.79 Å². The van der Waals surface area contributed by atoms with Gasteiger partial charge in [-0.1, -0.05) is 13.8 Å². The number of hydrogen-bond acceptors (Lipinski definition) is 3. The van der Waals surface area contributed by atoms with Crippen molar-refractivity contribution in [1.82, 2.24) is 4.90 Å². The van der Waals surface area contributed by atoms with Gasteiger partial charge in [0.1, 0.15) is 6.26 Å². The maximum absolute atomic E-state index is 12.0. The van der Waals surface area contributed by atoms with Crippen LogP contribution in [0.4, 0.5) is 0 Å².